The van der Waals surface area contributed by atoms with Gasteiger partial charge in [0.1, 0.15) is 0 Å². The molecule has 8 nitrogen and oxygen atoms in total. The minimum atomic E-state index is -3.99. The summed E-state index contributed by atoms with van der Waals surface area (Å²) in [6, 6.07) is 9.05. The van der Waals surface area contributed by atoms with E-state index in [4.69, 9.17) is 0 Å². The number of hydrogen-bond donors (Lipinski definition) is 1. The maximum absolute atomic E-state index is 12.8. The minimum absolute atomic E-state index is 0.130. The lowest BCUT2D eigenvalue weighted by Crippen LogP contribution is -2.36. The highest BCUT2D eigenvalue weighted by Gasteiger charge is 2.34. The molecular weight excluding hydrogens is 394 g/mol. The molecule has 0 spiro atoms. The van der Waals surface area contributed by atoms with Gasteiger partial charge in [-0.25, -0.2) is 8.42 Å². The van der Waals surface area contributed by atoms with Crippen LogP contribution in [0.3, 0.4) is 0 Å². The zero-order valence-electron chi connectivity index (χ0n) is 15.9. The Hall–Kier alpha value is -2.94. The molecule has 2 aliphatic rings. The van der Waals surface area contributed by atoms with Crippen LogP contribution in [-0.4, -0.2) is 30.7 Å². The smallest absolute Gasteiger partial charge is 0.270 e. The lowest BCUT2D eigenvalue weighted by atomic mass is 9.99. The molecule has 1 aliphatic carbocycles. The van der Waals surface area contributed by atoms with Crippen molar-refractivity contribution >= 4 is 27.3 Å². The van der Waals surface area contributed by atoms with Gasteiger partial charge in [0, 0.05) is 36.8 Å². The number of non-ortho nitro benzene ring substituents is 1. The van der Waals surface area contributed by atoms with Gasteiger partial charge in [-0.2, -0.15) is 0 Å². The lowest BCUT2D eigenvalue weighted by molar-refractivity contribution is -0.385. The van der Waals surface area contributed by atoms with Crippen LogP contribution in [0.2, 0.25) is 0 Å². The second-order valence-corrected chi connectivity index (χ2v) is 9.23. The van der Waals surface area contributed by atoms with Gasteiger partial charge < -0.3 is 4.90 Å². The van der Waals surface area contributed by atoms with E-state index in [-0.39, 0.29) is 22.4 Å². The van der Waals surface area contributed by atoms with Crippen molar-refractivity contribution < 1.29 is 18.1 Å². The average Bonchev–Trinajstić information content (AvgIpc) is 3.51. The zero-order valence-corrected chi connectivity index (χ0v) is 16.7. The maximum Gasteiger partial charge on any atom is 0.270 e. The number of amides is 1. The molecule has 1 amide bonds. The number of rotatable bonds is 5. The van der Waals surface area contributed by atoms with Crippen LogP contribution in [0, 0.1) is 23.0 Å². The van der Waals surface area contributed by atoms with E-state index < -0.39 is 14.9 Å². The van der Waals surface area contributed by atoms with E-state index in [1.54, 1.807) is 19.1 Å². The highest BCUT2D eigenvalue weighted by molar-refractivity contribution is 7.92. The monoisotopic (exact) mass is 415 g/mol. The fourth-order valence-corrected chi connectivity index (χ4v) is 4.91. The third-order valence-corrected chi connectivity index (χ3v) is 6.90. The summed E-state index contributed by atoms with van der Waals surface area (Å²) in [4.78, 5) is 24.4. The molecule has 0 radical (unpaired) electrons. The van der Waals surface area contributed by atoms with Crippen LogP contribution in [0.4, 0.5) is 11.4 Å². The molecule has 1 N–H and O–H groups in total. The number of aryl methyl sites for hydroxylation is 1. The number of fused-ring (bicyclic) bond motifs is 1. The Labute approximate surface area is 168 Å². The number of carbonyl (C=O) groups is 1. The first-order valence-electron chi connectivity index (χ1n) is 9.43. The number of nitro benzene ring substituents is 1. The summed E-state index contributed by atoms with van der Waals surface area (Å²) in [5.41, 5.74) is 2.52. The second-order valence-electron chi connectivity index (χ2n) is 7.58. The summed E-state index contributed by atoms with van der Waals surface area (Å²) in [6.45, 7) is 2.74. The summed E-state index contributed by atoms with van der Waals surface area (Å²) in [5, 5.41) is 11.0. The third-order valence-electron chi connectivity index (χ3n) is 5.38. The summed E-state index contributed by atoms with van der Waals surface area (Å²) < 4.78 is 28.2. The van der Waals surface area contributed by atoms with E-state index in [0.717, 1.165) is 36.5 Å². The first-order valence-corrected chi connectivity index (χ1v) is 10.9. The number of nitro groups is 1. The van der Waals surface area contributed by atoms with Crippen LogP contribution in [0.5, 0.6) is 0 Å². The Balaban J connectivity index is 1.59. The standard InChI is InChI=1S/C20H21N3O5S/c1-13-2-7-18(23(25)26)11-19(13)29(27,28)21-17-6-5-14-8-9-22(12-16(14)10-17)20(24)15-3-4-15/h2,5-7,10-11,15,21H,3-4,8-9,12H2,1H3. The van der Waals surface area contributed by atoms with Crippen LogP contribution < -0.4 is 4.72 Å². The first-order chi connectivity index (χ1) is 13.7. The van der Waals surface area contributed by atoms with Gasteiger partial charge in [-0.3, -0.25) is 19.6 Å². The maximum atomic E-state index is 12.8. The predicted octanol–water partition coefficient (Wildman–Crippen LogP) is 3.00. The van der Waals surface area contributed by atoms with Crippen LogP contribution in [0.15, 0.2) is 41.3 Å². The van der Waals surface area contributed by atoms with Crippen LogP contribution in [0.25, 0.3) is 0 Å². The Morgan fingerprint density at radius 2 is 1.93 bits per heavy atom. The molecule has 2 aromatic carbocycles. The lowest BCUT2D eigenvalue weighted by Gasteiger charge is -2.29. The van der Waals surface area contributed by atoms with E-state index in [2.05, 4.69) is 4.72 Å². The van der Waals surface area contributed by atoms with Crippen LogP contribution in [-0.2, 0) is 27.8 Å². The highest BCUT2D eigenvalue weighted by atomic mass is 32.2. The number of anilines is 1. The Kier molecular flexibility index (Phi) is 4.77. The van der Waals surface area contributed by atoms with Crippen molar-refractivity contribution in [3.05, 3.63) is 63.2 Å². The molecule has 1 aliphatic heterocycles. The molecule has 0 bridgehead atoms. The molecule has 0 saturated heterocycles. The van der Waals surface area contributed by atoms with Crippen LogP contribution >= 0.6 is 0 Å². The van der Waals surface area contributed by atoms with Gasteiger partial charge in [0.25, 0.3) is 15.7 Å². The van der Waals surface area contributed by atoms with E-state index in [0.29, 0.717) is 24.3 Å². The molecular formula is C20H21N3O5S. The van der Waals surface area contributed by atoms with E-state index in [9.17, 15) is 23.3 Å². The SMILES string of the molecule is Cc1ccc([N+](=O)[O-])cc1S(=O)(=O)Nc1ccc2c(c1)CN(C(=O)C1CC1)CC2. The fourth-order valence-electron chi connectivity index (χ4n) is 3.60. The molecule has 1 heterocycles. The van der Waals surface area contributed by atoms with Gasteiger partial charge >= 0.3 is 0 Å². The molecule has 2 aromatic rings. The summed E-state index contributed by atoms with van der Waals surface area (Å²) in [7, 11) is -3.99. The van der Waals surface area contributed by atoms with Crippen molar-refractivity contribution in [3.63, 3.8) is 0 Å². The number of nitrogens with one attached hydrogen (secondary N) is 1. The van der Waals surface area contributed by atoms with Crippen molar-refractivity contribution in [2.75, 3.05) is 11.3 Å². The van der Waals surface area contributed by atoms with E-state index in [1.165, 1.54) is 12.1 Å². The van der Waals surface area contributed by atoms with Crippen molar-refractivity contribution in [2.24, 2.45) is 5.92 Å². The average molecular weight is 415 g/mol. The Morgan fingerprint density at radius 3 is 2.62 bits per heavy atom. The number of hydrogen-bond acceptors (Lipinski definition) is 5. The van der Waals surface area contributed by atoms with E-state index in [1.807, 2.05) is 11.0 Å². The summed E-state index contributed by atoms with van der Waals surface area (Å²) >= 11 is 0. The normalized spacial score (nSPS) is 16.2. The molecule has 1 fully saturated rings. The fraction of sp³-hybridized carbons (Fsp3) is 0.350. The number of benzene rings is 2. The van der Waals surface area contributed by atoms with Crippen molar-refractivity contribution in [2.45, 2.75) is 37.6 Å². The molecule has 0 atom stereocenters. The van der Waals surface area contributed by atoms with Gasteiger partial charge in [-0.15, -0.1) is 0 Å². The van der Waals surface area contributed by atoms with Gasteiger partial charge in [0.2, 0.25) is 5.91 Å². The largest absolute Gasteiger partial charge is 0.338 e. The Bertz CT molecular complexity index is 1110. The molecule has 152 valence electrons. The topological polar surface area (TPSA) is 110 Å². The van der Waals surface area contributed by atoms with Crippen molar-refractivity contribution in [1.29, 1.82) is 0 Å². The minimum Gasteiger partial charge on any atom is -0.338 e. The molecule has 9 heteroatoms. The van der Waals surface area contributed by atoms with Crippen molar-refractivity contribution in [3.8, 4) is 0 Å². The molecule has 4 rings (SSSR count). The van der Waals surface area contributed by atoms with Crippen molar-refractivity contribution in [1.82, 2.24) is 4.90 Å². The first kappa shape index (κ1) is 19.4. The van der Waals surface area contributed by atoms with Gasteiger partial charge in [0.05, 0.1) is 9.82 Å². The highest BCUT2D eigenvalue weighted by Crippen LogP contribution is 2.33. The number of carbonyl (C=O) groups excluding carboxylic acids is 1. The van der Waals surface area contributed by atoms with Gasteiger partial charge in [-0.05, 0) is 55.0 Å². The Morgan fingerprint density at radius 1 is 1.17 bits per heavy atom. The molecule has 0 aromatic heterocycles. The molecule has 29 heavy (non-hydrogen) atoms. The third kappa shape index (κ3) is 3.95. The predicted molar refractivity (Wildman–Crippen MR) is 107 cm³/mol. The quantitative estimate of drug-likeness (QED) is 0.596. The second kappa shape index (κ2) is 7.14. The van der Waals surface area contributed by atoms with Gasteiger partial charge in [-0.1, -0.05) is 12.1 Å². The molecule has 1 saturated carbocycles. The van der Waals surface area contributed by atoms with Crippen LogP contribution in [0.1, 0.15) is 29.5 Å². The summed E-state index contributed by atoms with van der Waals surface area (Å²) in [5.74, 6) is 0.323. The summed E-state index contributed by atoms with van der Waals surface area (Å²) in [6.07, 6.45) is 2.64. The molecule has 0 unspecified atom stereocenters. The van der Waals surface area contributed by atoms with E-state index >= 15 is 0 Å². The number of sulfonamides is 1. The number of nitrogens with zero attached hydrogens (tertiary/aromatic N) is 2. The van der Waals surface area contributed by atoms with Gasteiger partial charge in [0.15, 0.2) is 0 Å². The zero-order chi connectivity index (χ0) is 20.8.